The van der Waals surface area contributed by atoms with Crippen LogP contribution in [0.1, 0.15) is 24.3 Å². The lowest BCUT2D eigenvalue weighted by molar-refractivity contribution is -0.896. The maximum absolute atomic E-state index is 2.34. The van der Waals surface area contributed by atoms with Gasteiger partial charge in [-0.25, -0.2) is 0 Å². The summed E-state index contributed by atoms with van der Waals surface area (Å²) in [7, 11) is 4.68. The van der Waals surface area contributed by atoms with E-state index < -0.39 is 0 Å². The fourth-order valence-corrected chi connectivity index (χ4v) is 2.54. The quantitative estimate of drug-likeness (QED) is 0.597. The summed E-state index contributed by atoms with van der Waals surface area (Å²) in [5, 5.41) is 0. The van der Waals surface area contributed by atoms with E-state index in [2.05, 4.69) is 44.4 Å². The molecule has 1 fully saturated rings. The molecule has 1 heterocycles. The number of benzene rings is 1. The number of quaternary nitrogens is 1. The third kappa shape index (κ3) is 2.16. The van der Waals surface area contributed by atoms with Gasteiger partial charge in [-0.1, -0.05) is 30.3 Å². The number of hydrogen-bond donors (Lipinski definition) is 0. The fourth-order valence-electron chi connectivity index (χ4n) is 2.54. The van der Waals surface area contributed by atoms with Crippen molar-refractivity contribution in [3.05, 3.63) is 35.9 Å². The summed E-state index contributed by atoms with van der Waals surface area (Å²) >= 11 is 0. The van der Waals surface area contributed by atoms with Crippen LogP contribution in [0.25, 0.3) is 0 Å². The zero-order chi connectivity index (χ0) is 10.0. The van der Waals surface area contributed by atoms with E-state index in [0.717, 1.165) is 5.92 Å². The molecule has 76 valence electrons. The van der Waals surface area contributed by atoms with Gasteiger partial charge < -0.3 is 4.48 Å². The number of likely N-dealkylation sites (N-methyl/N-ethyl adjacent to an activating group) is 1. The van der Waals surface area contributed by atoms with Gasteiger partial charge in [-0.2, -0.15) is 0 Å². The van der Waals surface area contributed by atoms with E-state index >= 15 is 0 Å². The van der Waals surface area contributed by atoms with Crippen molar-refractivity contribution in [2.45, 2.75) is 18.8 Å². The second-order valence-electron chi connectivity index (χ2n) is 5.09. The Morgan fingerprint density at radius 3 is 2.50 bits per heavy atom. The minimum Gasteiger partial charge on any atom is -0.328 e. The largest absolute Gasteiger partial charge is 0.328 e. The van der Waals surface area contributed by atoms with Gasteiger partial charge in [-0.05, 0) is 18.4 Å². The topological polar surface area (TPSA) is 0 Å². The van der Waals surface area contributed by atoms with Gasteiger partial charge >= 0.3 is 0 Å². The molecule has 1 saturated heterocycles. The van der Waals surface area contributed by atoms with Crippen LogP contribution in [0.3, 0.4) is 0 Å². The second kappa shape index (κ2) is 3.74. The van der Waals surface area contributed by atoms with E-state index in [9.17, 15) is 0 Å². The average molecular weight is 190 g/mol. The Morgan fingerprint density at radius 1 is 1.14 bits per heavy atom. The highest BCUT2D eigenvalue weighted by Crippen LogP contribution is 2.28. The summed E-state index contributed by atoms with van der Waals surface area (Å²) in [6, 6.07) is 11.0. The first-order chi connectivity index (χ1) is 6.67. The molecule has 0 amide bonds. The van der Waals surface area contributed by atoms with Gasteiger partial charge in [0.2, 0.25) is 0 Å². The molecule has 1 aromatic rings. The van der Waals surface area contributed by atoms with Crippen molar-refractivity contribution in [3.8, 4) is 0 Å². The van der Waals surface area contributed by atoms with Crippen molar-refractivity contribution in [3.63, 3.8) is 0 Å². The van der Waals surface area contributed by atoms with Crippen LogP contribution in [0.5, 0.6) is 0 Å². The lowest BCUT2D eigenvalue weighted by Gasteiger charge is -2.38. The predicted molar refractivity (Wildman–Crippen MR) is 60.3 cm³/mol. The maximum atomic E-state index is 2.34. The lowest BCUT2D eigenvalue weighted by atomic mass is 9.90. The van der Waals surface area contributed by atoms with Crippen molar-refractivity contribution in [2.75, 3.05) is 27.2 Å². The molecule has 1 heteroatoms. The molecule has 0 radical (unpaired) electrons. The maximum Gasteiger partial charge on any atom is 0.0852 e. The van der Waals surface area contributed by atoms with Crippen LogP contribution < -0.4 is 0 Å². The molecule has 1 unspecified atom stereocenters. The van der Waals surface area contributed by atoms with E-state index in [-0.39, 0.29) is 0 Å². The van der Waals surface area contributed by atoms with Gasteiger partial charge in [-0.15, -0.1) is 0 Å². The molecular formula is C13H20N+. The number of likely N-dealkylation sites (tertiary alicyclic amines) is 1. The molecule has 1 atom stereocenters. The van der Waals surface area contributed by atoms with Crippen LogP contribution in [0.2, 0.25) is 0 Å². The van der Waals surface area contributed by atoms with Crippen molar-refractivity contribution in [1.29, 1.82) is 0 Å². The molecule has 14 heavy (non-hydrogen) atoms. The molecule has 0 aliphatic carbocycles. The van der Waals surface area contributed by atoms with Crippen LogP contribution in [-0.4, -0.2) is 31.7 Å². The van der Waals surface area contributed by atoms with Crippen molar-refractivity contribution in [1.82, 2.24) is 0 Å². The highest BCUT2D eigenvalue weighted by Gasteiger charge is 2.27. The monoisotopic (exact) mass is 190 g/mol. The highest BCUT2D eigenvalue weighted by atomic mass is 15.3. The Kier molecular flexibility index (Phi) is 2.60. The van der Waals surface area contributed by atoms with E-state index in [1.165, 1.54) is 36.0 Å². The molecule has 1 aliphatic rings. The summed E-state index contributed by atoms with van der Waals surface area (Å²) < 4.78 is 1.18. The first-order valence-corrected chi connectivity index (χ1v) is 5.54. The Balaban J connectivity index is 2.12. The number of hydrogen-bond acceptors (Lipinski definition) is 0. The molecular weight excluding hydrogens is 170 g/mol. The Labute approximate surface area is 86.9 Å². The minimum absolute atomic E-state index is 0.778. The van der Waals surface area contributed by atoms with Gasteiger partial charge in [0.25, 0.3) is 0 Å². The van der Waals surface area contributed by atoms with Crippen LogP contribution in [0, 0.1) is 0 Å². The lowest BCUT2D eigenvalue weighted by Crippen LogP contribution is -2.46. The van der Waals surface area contributed by atoms with Crippen LogP contribution in [-0.2, 0) is 0 Å². The van der Waals surface area contributed by atoms with Crippen molar-refractivity contribution < 1.29 is 4.48 Å². The smallest absolute Gasteiger partial charge is 0.0852 e. The molecule has 1 aliphatic heterocycles. The van der Waals surface area contributed by atoms with Gasteiger partial charge in [0.1, 0.15) is 0 Å². The first-order valence-electron chi connectivity index (χ1n) is 5.54. The normalized spacial score (nSPS) is 26.0. The average Bonchev–Trinajstić information content (AvgIpc) is 2.18. The number of nitrogens with zero attached hydrogens (tertiary/aromatic N) is 1. The van der Waals surface area contributed by atoms with Crippen molar-refractivity contribution >= 4 is 0 Å². The highest BCUT2D eigenvalue weighted by molar-refractivity contribution is 5.19. The fraction of sp³-hybridized carbons (Fsp3) is 0.538. The Morgan fingerprint density at radius 2 is 1.86 bits per heavy atom. The minimum atomic E-state index is 0.778. The molecule has 0 aromatic heterocycles. The van der Waals surface area contributed by atoms with Crippen LogP contribution in [0.4, 0.5) is 0 Å². The molecule has 0 spiro atoms. The van der Waals surface area contributed by atoms with E-state index in [1.54, 1.807) is 0 Å². The molecule has 0 bridgehead atoms. The molecule has 2 rings (SSSR count). The summed E-state index contributed by atoms with van der Waals surface area (Å²) in [5.74, 6) is 0.778. The van der Waals surface area contributed by atoms with E-state index in [1.807, 2.05) is 0 Å². The zero-order valence-corrected chi connectivity index (χ0v) is 9.24. The number of rotatable bonds is 1. The van der Waals surface area contributed by atoms with Gasteiger partial charge in [0.15, 0.2) is 0 Å². The molecule has 1 nitrogen and oxygen atoms in total. The first kappa shape index (κ1) is 9.72. The third-order valence-corrected chi connectivity index (χ3v) is 3.30. The Hall–Kier alpha value is -0.820. The zero-order valence-electron chi connectivity index (χ0n) is 9.24. The summed E-state index contributed by atoms with van der Waals surface area (Å²) in [4.78, 5) is 0. The van der Waals surface area contributed by atoms with E-state index in [0.29, 0.717) is 0 Å². The summed E-state index contributed by atoms with van der Waals surface area (Å²) in [5.41, 5.74) is 1.53. The standard InChI is InChI=1S/C13H20N/c1-14(2)10-6-9-13(11-14)12-7-4-3-5-8-12/h3-5,7-8,13H,6,9-11H2,1-2H3/q+1. The third-order valence-electron chi connectivity index (χ3n) is 3.30. The van der Waals surface area contributed by atoms with Gasteiger partial charge in [0.05, 0.1) is 27.2 Å². The van der Waals surface area contributed by atoms with Crippen molar-refractivity contribution in [2.24, 2.45) is 0 Å². The predicted octanol–water partition coefficient (Wildman–Crippen LogP) is 2.64. The Bertz CT molecular complexity index is 289. The second-order valence-corrected chi connectivity index (χ2v) is 5.09. The van der Waals surface area contributed by atoms with Gasteiger partial charge in [0, 0.05) is 5.92 Å². The van der Waals surface area contributed by atoms with Gasteiger partial charge in [-0.3, -0.25) is 0 Å². The number of piperidine rings is 1. The molecule has 0 saturated carbocycles. The summed E-state index contributed by atoms with van der Waals surface area (Å²) in [6.07, 6.45) is 2.73. The SMILES string of the molecule is C[N+]1(C)CCCC(c2ccccc2)C1. The van der Waals surface area contributed by atoms with Crippen LogP contribution in [0.15, 0.2) is 30.3 Å². The molecule has 1 aromatic carbocycles. The van der Waals surface area contributed by atoms with E-state index in [4.69, 9.17) is 0 Å². The summed E-state index contributed by atoms with van der Waals surface area (Å²) in [6.45, 7) is 2.63. The molecule has 0 N–H and O–H groups in total. The van der Waals surface area contributed by atoms with Crippen LogP contribution >= 0.6 is 0 Å².